The second-order valence-corrected chi connectivity index (χ2v) is 21.6. The Bertz CT molecular complexity index is 3370. The first-order valence-corrected chi connectivity index (χ1v) is 25.0. The maximum atomic E-state index is 16.8. The fourth-order valence-electron chi connectivity index (χ4n) is 11.1. The highest BCUT2D eigenvalue weighted by molar-refractivity contribution is 6.58. The number of ether oxygens (including phenoxy) is 4. The van der Waals surface area contributed by atoms with E-state index in [0.717, 1.165) is 48.5 Å². The number of nitrogens with two attached hydrogens (primary N) is 2. The zero-order chi connectivity index (χ0) is 56.5. The van der Waals surface area contributed by atoms with Crippen LogP contribution in [-0.4, -0.2) is 83.9 Å². The number of carbonyl (C=O) groups excluding carboxylic acids is 5. The molecule has 2 spiro atoms. The Morgan fingerprint density at radius 1 is 0.500 bits per heavy atom. The molecule has 0 saturated heterocycles. The summed E-state index contributed by atoms with van der Waals surface area (Å²) >= 11 is 15.6. The summed E-state index contributed by atoms with van der Waals surface area (Å²) in [5.41, 5.74) is 3.26. The minimum absolute atomic E-state index is 0.0230. The van der Waals surface area contributed by atoms with Gasteiger partial charge in [-0.05, 0) is 97.5 Å². The molecule has 0 radical (unpaired) electrons. The van der Waals surface area contributed by atoms with Gasteiger partial charge < -0.3 is 61.1 Å². The number of benzene rings is 6. The Balaban J connectivity index is 1.33. The average Bonchev–Trinajstić information content (AvgIpc) is 3.93. The van der Waals surface area contributed by atoms with Crippen LogP contribution in [0.4, 0.5) is 0 Å². The largest absolute Gasteiger partial charge is 0.508 e. The predicted molar refractivity (Wildman–Crippen MR) is 275 cm³/mol. The van der Waals surface area contributed by atoms with E-state index in [-0.39, 0.29) is 92.2 Å². The molecule has 4 atom stereocenters. The number of alkyl halides is 2. The van der Waals surface area contributed by atoms with Gasteiger partial charge in [0.1, 0.15) is 46.0 Å². The first-order valence-electron chi connectivity index (χ1n) is 24.2. The third kappa shape index (κ3) is 7.66. The van der Waals surface area contributed by atoms with Crippen LogP contribution in [0.1, 0.15) is 126 Å². The van der Waals surface area contributed by atoms with E-state index >= 15 is 24.0 Å². The molecule has 0 fully saturated rings. The van der Waals surface area contributed by atoms with Gasteiger partial charge in [-0.2, -0.15) is 0 Å². The summed E-state index contributed by atoms with van der Waals surface area (Å²) in [4.78, 5) is 98.4. The maximum absolute atomic E-state index is 16.8. The zero-order valence-corrected chi connectivity index (χ0v) is 43.1. The SMILES string of the molecule is CC(C)C[C@H](N)C(=O)C(Cl)(C(=O)C(Cl)(C(=O)[C@@H](N)CC(C)C)c1cc(C(=O)O)cc2c1C(=O)OC21c2ccc(O)cc2Oc2cc(O)ccc21)c1cc(C(=O)O)cc2c1C(=O)OC21c2ccc(O)cc2Oc2cc(O)ccc21. The number of Topliss-reactive ketones (excluding diaryl/α,β-unsaturated/α-hetero) is 3. The van der Waals surface area contributed by atoms with Gasteiger partial charge in [-0.25, -0.2) is 19.2 Å². The highest BCUT2D eigenvalue weighted by atomic mass is 35.5. The van der Waals surface area contributed by atoms with Crippen molar-refractivity contribution in [2.24, 2.45) is 23.3 Å². The lowest BCUT2D eigenvalue weighted by atomic mass is 9.69. The normalized spacial score (nSPS) is 17.1. The Kier molecular flexibility index (Phi) is 12.4. The van der Waals surface area contributed by atoms with E-state index in [2.05, 4.69) is 0 Å². The molecule has 10 rings (SSSR count). The number of fused-ring (bicyclic) bond motifs is 12. The topological polar surface area (TPSA) is 330 Å². The van der Waals surface area contributed by atoms with Gasteiger partial charge >= 0.3 is 23.9 Å². The molecule has 0 saturated carbocycles. The monoisotopic (exact) mass is 1100 g/mol. The molecule has 6 aromatic carbocycles. The Morgan fingerprint density at radius 2 is 0.795 bits per heavy atom. The summed E-state index contributed by atoms with van der Waals surface area (Å²) in [6.45, 7) is 6.68. The molecule has 4 aliphatic heterocycles. The number of aromatic carboxylic acids is 2. The van der Waals surface area contributed by atoms with Crippen LogP contribution in [0.5, 0.6) is 46.0 Å². The van der Waals surface area contributed by atoms with Gasteiger partial charge in [0, 0.05) is 68.8 Å². The van der Waals surface area contributed by atoms with Gasteiger partial charge in [-0.1, -0.05) is 50.9 Å². The Hall–Kier alpha value is -8.49. The quantitative estimate of drug-likeness (QED) is 0.0290. The zero-order valence-electron chi connectivity index (χ0n) is 41.5. The number of rotatable bonds is 14. The minimum atomic E-state index is -3.59. The number of aromatic hydroxyl groups is 4. The van der Waals surface area contributed by atoms with E-state index in [1.54, 1.807) is 27.7 Å². The molecule has 19 nitrogen and oxygen atoms in total. The molecule has 21 heteroatoms. The number of carboxylic acid groups (broad SMARTS) is 2. The highest BCUT2D eigenvalue weighted by Crippen LogP contribution is 2.62. The third-order valence-electron chi connectivity index (χ3n) is 14.4. The fourth-order valence-corrected chi connectivity index (χ4v) is 12.1. The molecule has 0 amide bonds. The van der Waals surface area contributed by atoms with Crippen molar-refractivity contribution in [2.75, 3.05) is 0 Å². The van der Waals surface area contributed by atoms with Crippen molar-refractivity contribution >= 4 is 64.4 Å². The molecular weight excluding hydrogens is 1060 g/mol. The Morgan fingerprint density at radius 3 is 1.06 bits per heavy atom. The van der Waals surface area contributed by atoms with E-state index in [1.807, 2.05) is 0 Å². The van der Waals surface area contributed by atoms with Crippen LogP contribution < -0.4 is 20.9 Å². The van der Waals surface area contributed by atoms with Crippen molar-refractivity contribution in [1.29, 1.82) is 0 Å². The number of esters is 2. The molecule has 2 unspecified atom stereocenters. The van der Waals surface area contributed by atoms with E-state index in [9.17, 15) is 40.2 Å². The molecule has 0 aromatic heterocycles. The van der Waals surface area contributed by atoms with Crippen molar-refractivity contribution in [3.63, 3.8) is 0 Å². The lowest BCUT2D eigenvalue weighted by molar-refractivity contribution is -0.138. The molecule has 400 valence electrons. The Labute approximate surface area is 452 Å². The third-order valence-corrected chi connectivity index (χ3v) is 15.5. The molecule has 0 bridgehead atoms. The number of ketones is 3. The van der Waals surface area contributed by atoms with E-state index in [1.165, 1.54) is 48.5 Å². The maximum Gasteiger partial charge on any atom is 0.340 e. The predicted octanol–water partition coefficient (Wildman–Crippen LogP) is 8.06. The number of phenolic OH excluding ortho intramolecular Hbond substituents is 4. The summed E-state index contributed by atoms with van der Waals surface area (Å²) < 4.78 is 24.8. The number of hydrogen-bond donors (Lipinski definition) is 8. The van der Waals surface area contributed by atoms with Gasteiger partial charge in [0.05, 0.1) is 34.3 Å². The van der Waals surface area contributed by atoms with E-state index in [0.29, 0.717) is 0 Å². The fraction of sp³-hybridized carbons (Fsp3) is 0.246. The van der Waals surface area contributed by atoms with Crippen LogP contribution in [0.2, 0.25) is 0 Å². The van der Waals surface area contributed by atoms with Gasteiger partial charge in [0.25, 0.3) is 0 Å². The summed E-state index contributed by atoms with van der Waals surface area (Å²) in [5, 5.41) is 64.3. The molecule has 10 N–H and O–H groups in total. The van der Waals surface area contributed by atoms with Crippen molar-refractivity contribution in [2.45, 2.75) is 73.6 Å². The first-order chi connectivity index (χ1) is 36.7. The number of carboxylic acids is 2. The summed E-state index contributed by atoms with van der Waals surface area (Å²) in [5.74, 6) is -13.6. The number of carbonyl (C=O) groups is 7. The minimum Gasteiger partial charge on any atom is -0.508 e. The van der Waals surface area contributed by atoms with E-state index < -0.39 is 119 Å². The smallest absolute Gasteiger partial charge is 0.340 e. The molecule has 4 aliphatic rings. The molecule has 78 heavy (non-hydrogen) atoms. The van der Waals surface area contributed by atoms with Gasteiger partial charge in [-0.3, -0.25) is 14.4 Å². The molecule has 0 aliphatic carbocycles. The molecule has 4 heterocycles. The van der Waals surface area contributed by atoms with Gasteiger partial charge in [0.2, 0.25) is 0 Å². The van der Waals surface area contributed by atoms with Crippen LogP contribution in [0.15, 0.2) is 97.1 Å². The first kappa shape index (κ1) is 52.9. The van der Waals surface area contributed by atoms with Crippen LogP contribution >= 0.6 is 23.2 Å². The van der Waals surface area contributed by atoms with Crippen molar-refractivity contribution < 1.29 is 83.1 Å². The van der Waals surface area contributed by atoms with Crippen LogP contribution in [0.3, 0.4) is 0 Å². The lowest BCUT2D eigenvalue weighted by Gasteiger charge is -2.38. The van der Waals surface area contributed by atoms with Gasteiger partial charge in [0.15, 0.2) is 38.3 Å². The second-order valence-electron chi connectivity index (χ2n) is 20.4. The van der Waals surface area contributed by atoms with Crippen LogP contribution in [0, 0.1) is 11.8 Å². The van der Waals surface area contributed by atoms with Crippen molar-refractivity contribution in [3.05, 3.63) is 164 Å². The number of hydrogen-bond acceptors (Lipinski definition) is 17. The number of halogens is 2. The molecule has 6 aromatic rings. The van der Waals surface area contributed by atoms with E-state index in [4.69, 9.17) is 53.6 Å². The summed E-state index contributed by atoms with van der Waals surface area (Å²) in [6.07, 6.45) is -0.469. The number of phenols is 4. The average molecular weight is 1100 g/mol. The summed E-state index contributed by atoms with van der Waals surface area (Å²) in [7, 11) is 0. The van der Waals surface area contributed by atoms with Gasteiger partial charge in [-0.15, -0.1) is 0 Å². The van der Waals surface area contributed by atoms with Crippen molar-refractivity contribution in [1.82, 2.24) is 0 Å². The van der Waals surface area contributed by atoms with Crippen LogP contribution in [-0.2, 0) is 44.8 Å². The standard InChI is InChI=1S/C57H46Cl2N2O17/c1-23(2)13-39(60)47(66)54(58,35-15-25(49(68)69)17-37-45(35)51(72)77-56(37)31-9-5-27(62)19-41(31)75-42-20-28(63)6-10-32(42)56)53(74)55(59,48(67)40(61)14-24(3)4)36-16-26(50(70)71)18-38-46(36)52(73)78-57(38)33-11-7-29(64)21-43(33)76-44-22-30(65)8-12-34(44)57/h5-12,15-24,39-40,62-65H,13-14,60-61H2,1-4H3,(H,68,69)(H,70,71)/t39-,40-,54?,55?/m0/s1. The second kappa shape index (κ2) is 18.3. The highest BCUT2D eigenvalue weighted by Gasteiger charge is 2.66. The van der Waals surface area contributed by atoms with Crippen molar-refractivity contribution in [3.8, 4) is 46.0 Å². The van der Waals surface area contributed by atoms with Crippen LogP contribution in [0.25, 0.3) is 0 Å². The summed E-state index contributed by atoms with van der Waals surface area (Å²) in [6, 6.07) is 14.6. The lowest BCUT2D eigenvalue weighted by Crippen LogP contribution is -2.59. The molecular formula is C57H46Cl2N2O17.